The Balaban J connectivity index is 1.93. The van der Waals surface area contributed by atoms with Crippen LogP contribution in [0.15, 0.2) is 28.9 Å². The molecule has 0 radical (unpaired) electrons. The van der Waals surface area contributed by atoms with Gasteiger partial charge in [-0.05, 0) is 59.8 Å². The second kappa shape index (κ2) is 5.66. The Bertz CT molecular complexity index is 620. The minimum Gasteiger partial charge on any atom is -0.357 e. The summed E-state index contributed by atoms with van der Waals surface area (Å²) in [5, 5.41) is 4.52. The fourth-order valence-corrected chi connectivity index (χ4v) is 2.76. The fraction of sp³-hybridized carbons (Fsp3) is 0.400. The quantitative estimate of drug-likeness (QED) is 0.808. The third kappa shape index (κ3) is 2.65. The maximum Gasteiger partial charge on any atom is 0.150 e. The Kier molecular flexibility index (Phi) is 3.89. The van der Waals surface area contributed by atoms with Crippen LogP contribution in [0, 0.1) is 12.7 Å². The number of aryl methyl sites for hydroxylation is 1. The van der Waals surface area contributed by atoms with E-state index in [2.05, 4.69) is 21.0 Å². The maximum atomic E-state index is 13.7. The smallest absolute Gasteiger partial charge is 0.150 e. The molecule has 0 spiro atoms. The van der Waals surface area contributed by atoms with E-state index in [-0.39, 0.29) is 12.0 Å². The van der Waals surface area contributed by atoms with Gasteiger partial charge in [0.15, 0.2) is 0 Å². The van der Waals surface area contributed by atoms with Crippen molar-refractivity contribution in [1.29, 1.82) is 0 Å². The van der Waals surface area contributed by atoms with Crippen LogP contribution in [0.5, 0.6) is 0 Å². The van der Waals surface area contributed by atoms with Crippen LogP contribution in [0.4, 0.5) is 4.39 Å². The predicted octanol–water partition coefficient (Wildman–Crippen LogP) is 4.46. The molecular weight excluding hydrogens is 323 g/mol. The van der Waals surface area contributed by atoms with Crippen molar-refractivity contribution in [2.45, 2.75) is 32.4 Å². The summed E-state index contributed by atoms with van der Waals surface area (Å²) < 4.78 is 21.7. The molecule has 1 unspecified atom stereocenters. The molecule has 0 N–H and O–H groups in total. The van der Waals surface area contributed by atoms with Crippen LogP contribution in [-0.2, 0) is 4.74 Å². The monoisotopic (exact) mass is 338 g/mol. The molecule has 2 heterocycles. The summed E-state index contributed by atoms with van der Waals surface area (Å²) in [6.07, 6.45) is 5.22. The summed E-state index contributed by atoms with van der Waals surface area (Å²) in [6.45, 7) is 2.72. The first-order chi connectivity index (χ1) is 9.65. The number of hydrogen-bond acceptors (Lipinski definition) is 2. The standard InChI is InChI=1S/C15H16BrFN2O/c1-10-12(11-5-6-13(16)14(17)8-11)9-19(18-10)15-4-2-3-7-20-15/h5-6,8-9,15H,2-4,7H2,1H3. The van der Waals surface area contributed by atoms with Crippen LogP contribution in [0.2, 0.25) is 0 Å². The number of nitrogens with zero attached hydrogens (tertiary/aromatic N) is 2. The van der Waals surface area contributed by atoms with E-state index in [1.165, 1.54) is 6.07 Å². The normalized spacial score (nSPS) is 19.2. The molecule has 1 atom stereocenters. The van der Waals surface area contributed by atoms with Gasteiger partial charge in [0.25, 0.3) is 0 Å². The van der Waals surface area contributed by atoms with E-state index in [0.29, 0.717) is 4.47 Å². The summed E-state index contributed by atoms with van der Waals surface area (Å²) in [5.41, 5.74) is 2.68. The van der Waals surface area contributed by atoms with Gasteiger partial charge in [-0.2, -0.15) is 5.10 Å². The highest BCUT2D eigenvalue weighted by molar-refractivity contribution is 9.10. The van der Waals surface area contributed by atoms with Gasteiger partial charge in [0.05, 0.1) is 10.2 Å². The Morgan fingerprint density at radius 1 is 1.40 bits per heavy atom. The summed E-state index contributed by atoms with van der Waals surface area (Å²) >= 11 is 3.17. The molecule has 20 heavy (non-hydrogen) atoms. The lowest BCUT2D eigenvalue weighted by molar-refractivity contribution is -0.0396. The van der Waals surface area contributed by atoms with Gasteiger partial charge in [-0.25, -0.2) is 9.07 Å². The lowest BCUT2D eigenvalue weighted by Gasteiger charge is -2.22. The average Bonchev–Trinajstić information content (AvgIpc) is 2.85. The number of benzene rings is 1. The zero-order valence-corrected chi connectivity index (χ0v) is 12.9. The molecule has 5 heteroatoms. The molecule has 3 rings (SSSR count). The van der Waals surface area contributed by atoms with Crippen LogP contribution in [0.3, 0.4) is 0 Å². The predicted molar refractivity (Wildman–Crippen MR) is 78.9 cm³/mol. The van der Waals surface area contributed by atoms with Crippen molar-refractivity contribution in [3.05, 3.63) is 40.4 Å². The molecule has 1 fully saturated rings. The van der Waals surface area contributed by atoms with Crippen molar-refractivity contribution in [2.24, 2.45) is 0 Å². The molecule has 2 aromatic rings. The highest BCUT2D eigenvalue weighted by Gasteiger charge is 2.18. The SMILES string of the molecule is Cc1nn(C2CCCCO2)cc1-c1ccc(Br)c(F)c1. The van der Waals surface area contributed by atoms with Crippen molar-refractivity contribution < 1.29 is 9.13 Å². The summed E-state index contributed by atoms with van der Waals surface area (Å²) in [4.78, 5) is 0. The maximum absolute atomic E-state index is 13.7. The number of aromatic nitrogens is 2. The molecule has 1 aromatic heterocycles. The lowest BCUT2D eigenvalue weighted by atomic mass is 10.1. The van der Waals surface area contributed by atoms with Crippen molar-refractivity contribution in [1.82, 2.24) is 9.78 Å². The minimum atomic E-state index is -0.261. The summed E-state index contributed by atoms with van der Waals surface area (Å²) in [5.74, 6) is -0.261. The molecule has 0 bridgehead atoms. The number of ether oxygens (including phenoxy) is 1. The molecule has 0 aliphatic carbocycles. The van der Waals surface area contributed by atoms with E-state index < -0.39 is 0 Å². The van der Waals surface area contributed by atoms with E-state index >= 15 is 0 Å². The van der Waals surface area contributed by atoms with Crippen molar-refractivity contribution in [3.8, 4) is 11.1 Å². The number of hydrogen-bond donors (Lipinski definition) is 0. The van der Waals surface area contributed by atoms with Crippen molar-refractivity contribution >= 4 is 15.9 Å². The van der Waals surface area contributed by atoms with E-state index in [4.69, 9.17) is 4.74 Å². The lowest BCUT2D eigenvalue weighted by Crippen LogP contribution is -2.18. The van der Waals surface area contributed by atoms with Crippen LogP contribution >= 0.6 is 15.9 Å². The average molecular weight is 339 g/mol. The zero-order chi connectivity index (χ0) is 14.1. The molecular formula is C15H16BrFN2O. The van der Waals surface area contributed by atoms with Gasteiger partial charge in [0.1, 0.15) is 12.0 Å². The Morgan fingerprint density at radius 3 is 2.95 bits per heavy atom. The Hall–Kier alpha value is -1.20. The van der Waals surface area contributed by atoms with Gasteiger partial charge < -0.3 is 4.74 Å². The number of halogens is 2. The summed E-state index contributed by atoms with van der Waals surface area (Å²) in [6, 6.07) is 5.14. The van der Waals surface area contributed by atoms with Crippen LogP contribution < -0.4 is 0 Å². The van der Waals surface area contributed by atoms with Gasteiger partial charge in [0, 0.05) is 18.4 Å². The largest absolute Gasteiger partial charge is 0.357 e. The second-order valence-electron chi connectivity index (χ2n) is 5.06. The zero-order valence-electron chi connectivity index (χ0n) is 11.3. The first-order valence-electron chi connectivity index (χ1n) is 6.78. The minimum absolute atomic E-state index is 0.0106. The second-order valence-corrected chi connectivity index (χ2v) is 5.91. The fourth-order valence-electron chi connectivity index (χ4n) is 2.51. The highest BCUT2D eigenvalue weighted by Crippen LogP contribution is 2.29. The molecule has 0 saturated carbocycles. The third-order valence-electron chi connectivity index (χ3n) is 3.60. The van der Waals surface area contributed by atoms with Crippen LogP contribution in [0.1, 0.15) is 31.2 Å². The molecule has 1 saturated heterocycles. The van der Waals surface area contributed by atoms with E-state index in [9.17, 15) is 4.39 Å². The first-order valence-corrected chi connectivity index (χ1v) is 7.57. The van der Waals surface area contributed by atoms with Crippen molar-refractivity contribution in [3.63, 3.8) is 0 Å². The van der Waals surface area contributed by atoms with Gasteiger partial charge in [-0.3, -0.25) is 0 Å². The third-order valence-corrected chi connectivity index (χ3v) is 4.24. The Morgan fingerprint density at radius 2 is 2.25 bits per heavy atom. The van der Waals surface area contributed by atoms with Crippen molar-refractivity contribution in [2.75, 3.05) is 6.61 Å². The van der Waals surface area contributed by atoms with Crippen LogP contribution in [-0.4, -0.2) is 16.4 Å². The molecule has 0 amide bonds. The van der Waals surface area contributed by atoms with E-state index in [1.807, 2.05) is 23.9 Å². The Labute approximate surface area is 125 Å². The summed E-state index contributed by atoms with van der Waals surface area (Å²) in [7, 11) is 0. The van der Waals surface area contributed by atoms with Gasteiger partial charge >= 0.3 is 0 Å². The number of rotatable bonds is 2. The molecule has 1 aliphatic heterocycles. The van der Waals surface area contributed by atoms with E-state index in [1.54, 1.807) is 6.07 Å². The topological polar surface area (TPSA) is 27.1 Å². The molecule has 3 nitrogen and oxygen atoms in total. The van der Waals surface area contributed by atoms with E-state index in [0.717, 1.165) is 42.7 Å². The molecule has 106 valence electrons. The van der Waals surface area contributed by atoms with Gasteiger partial charge in [-0.15, -0.1) is 0 Å². The van der Waals surface area contributed by atoms with Gasteiger partial charge in [0.2, 0.25) is 0 Å². The highest BCUT2D eigenvalue weighted by atomic mass is 79.9. The molecule has 1 aromatic carbocycles. The van der Waals surface area contributed by atoms with Crippen LogP contribution in [0.25, 0.3) is 11.1 Å². The van der Waals surface area contributed by atoms with Gasteiger partial charge in [-0.1, -0.05) is 6.07 Å². The first kappa shape index (κ1) is 13.8. The molecule has 1 aliphatic rings.